The maximum Gasteiger partial charge on any atom is 0.223 e. The van der Waals surface area contributed by atoms with Crippen LogP contribution in [0, 0.1) is 5.82 Å². The minimum atomic E-state index is -0.226. The van der Waals surface area contributed by atoms with Crippen molar-refractivity contribution in [2.45, 2.75) is 25.8 Å². The number of carbonyl (C=O) groups is 2. The summed E-state index contributed by atoms with van der Waals surface area (Å²) in [5.41, 5.74) is 1.73. The van der Waals surface area contributed by atoms with Crippen molar-refractivity contribution in [3.05, 3.63) is 71.5 Å². The van der Waals surface area contributed by atoms with Gasteiger partial charge in [-0.3, -0.25) is 14.5 Å². The molecule has 0 unspecified atom stereocenters. The standard InChI is InChI=1S/C22H25FN2O2/c23-20-9-7-18(8-10-20)17-24-13-4-14-25(16-15-24)22(27)12-11-21(26)19-5-2-1-3-6-19/h1-3,5-10H,4,11-17H2. The third-order valence-electron chi connectivity index (χ3n) is 4.92. The Morgan fingerprint density at radius 2 is 1.59 bits per heavy atom. The Kier molecular flexibility index (Phi) is 6.71. The summed E-state index contributed by atoms with van der Waals surface area (Å²) in [7, 11) is 0. The molecule has 5 heteroatoms. The molecule has 27 heavy (non-hydrogen) atoms. The van der Waals surface area contributed by atoms with Crippen LogP contribution in [0.5, 0.6) is 0 Å². The summed E-state index contributed by atoms with van der Waals surface area (Å²) >= 11 is 0. The zero-order valence-corrected chi connectivity index (χ0v) is 15.4. The van der Waals surface area contributed by atoms with E-state index in [4.69, 9.17) is 0 Å². The summed E-state index contributed by atoms with van der Waals surface area (Å²) in [5.74, 6) is -0.170. The predicted molar refractivity (Wildman–Crippen MR) is 103 cm³/mol. The van der Waals surface area contributed by atoms with Crippen LogP contribution >= 0.6 is 0 Å². The Morgan fingerprint density at radius 1 is 0.852 bits per heavy atom. The van der Waals surface area contributed by atoms with Crippen molar-refractivity contribution in [3.8, 4) is 0 Å². The van der Waals surface area contributed by atoms with Gasteiger partial charge in [0.05, 0.1) is 0 Å². The van der Waals surface area contributed by atoms with E-state index < -0.39 is 0 Å². The molecule has 142 valence electrons. The van der Waals surface area contributed by atoms with E-state index in [1.807, 2.05) is 23.1 Å². The lowest BCUT2D eigenvalue weighted by Crippen LogP contribution is -2.35. The summed E-state index contributed by atoms with van der Waals surface area (Å²) in [6.07, 6.45) is 1.41. The molecule has 2 aromatic rings. The van der Waals surface area contributed by atoms with Crippen LogP contribution in [0.15, 0.2) is 54.6 Å². The van der Waals surface area contributed by atoms with E-state index in [0.29, 0.717) is 12.1 Å². The fourth-order valence-corrected chi connectivity index (χ4v) is 3.37. The third kappa shape index (κ3) is 5.73. The number of hydrogen-bond donors (Lipinski definition) is 0. The van der Waals surface area contributed by atoms with Crippen LogP contribution in [0.4, 0.5) is 4.39 Å². The first-order valence-corrected chi connectivity index (χ1v) is 9.44. The predicted octanol–water partition coefficient (Wildman–Crippen LogP) is 3.52. The molecule has 0 atom stereocenters. The normalized spacial score (nSPS) is 15.4. The molecule has 4 nitrogen and oxygen atoms in total. The van der Waals surface area contributed by atoms with Crippen molar-refractivity contribution < 1.29 is 14.0 Å². The third-order valence-corrected chi connectivity index (χ3v) is 4.92. The minimum absolute atomic E-state index is 0.0108. The van der Waals surface area contributed by atoms with E-state index in [0.717, 1.165) is 38.2 Å². The number of ketones is 1. The van der Waals surface area contributed by atoms with Crippen molar-refractivity contribution in [1.82, 2.24) is 9.80 Å². The average Bonchev–Trinajstić information content (AvgIpc) is 2.94. The van der Waals surface area contributed by atoms with Gasteiger partial charge in [-0.05, 0) is 24.1 Å². The quantitative estimate of drug-likeness (QED) is 0.733. The summed E-state index contributed by atoms with van der Waals surface area (Å²) in [6, 6.07) is 15.7. The van der Waals surface area contributed by atoms with Crippen LogP contribution in [0.3, 0.4) is 0 Å². The van der Waals surface area contributed by atoms with Gasteiger partial charge in [-0.15, -0.1) is 0 Å². The number of halogens is 1. The molecule has 0 N–H and O–H groups in total. The SMILES string of the molecule is O=C(CCC(=O)N1CCCN(Cc2ccc(F)cc2)CC1)c1ccccc1. The summed E-state index contributed by atoms with van der Waals surface area (Å²) in [5, 5.41) is 0. The van der Waals surface area contributed by atoms with E-state index in [1.165, 1.54) is 12.1 Å². The second-order valence-electron chi connectivity index (χ2n) is 6.93. The van der Waals surface area contributed by atoms with Crippen LogP contribution in [-0.2, 0) is 11.3 Å². The molecule has 0 radical (unpaired) electrons. The van der Waals surface area contributed by atoms with Crippen LogP contribution in [-0.4, -0.2) is 47.7 Å². The number of carbonyl (C=O) groups excluding carboxylic acids is 2. The van der Waals surface area contributed by atoms with Crippen LogP contribution in [0.25, 0.3) is 0 Å². The monoisotopic (exact) mass is 368 g/mol. The van der Waals surface area contributed by atoms with E-state index in [9.17, 15) is 14.0 Å². The molecule has 0 spiro atoms. The van der Waals surface area contributed by atoms with Crippen molar-refractivity contribution in [2.24, 2.45) is 0 Å². The van der Waals surface area contributed by atoms with Crippen LogP contribution in [0.1, 0.15) is 35.2 Å². The zero-order chi connectivity index (χ0) is 19.1. The Labute approximate surface area is 159 Å². The van der Waals surface area contributed by atoms with Gasteiger partial charge in [-0.2, -0.15) is 0 Å². The van der Waals surface area contributed by atoms with Gasteiger partial charge in [0.2, 0.25) is 5.91 Å². The molecule has 1 amide bonds. The van der Waals surface area contributed by atoms with Gasteiger partial charge in [-0.25, -0.2) is 4.39 Å². The highest BCUT2D eigenvalue weighted by atomic mass is 19.1. The maximum atomic E-state index is 13.0. The maximum absolute atomic E-state index is 13.0. The molecule has 0 bridgehead atoms. The number of rotatable bonds is 6. The lowest BCUT2D eigenvalue weighted by Gasteiger charge is -2.22. The average molecular weight is 368 g/mol. The van der Waals surface area contributed by atoms with E-state index in [2.05, 4.69) is 4.90 Å². The second kappa shape index (κ2) is 9.42. The van der Waals surface area contributed by atoms with Gasteiger partial charge in [0.1, 0.15) is 5.82 Å². The van der Waals surface area contributed by atoms with Crippen molar-refractivity contribution >= 4 is 11.7 Å². The first-order chi connectivity index (χ1) is 13.1. The number of benzene rings is 2. The second-order valence-corrected chi connectivity index (χ2v) is 6.93. The number of hydrogen-bond acceptors (Lipinski definition) is 3. The Morgan fingerprint density at radius 3 is 2.33 bits per heavy atom. The largest absolute Gasteiger partial charge is 0.341 e. The van der Waals surface area contributed by atoms with Crippen molar-refractivity contribution in [2.75, 3.05) is 26.2 Å². The van der Waals surface area contributed by atoms with Gasteiger partial charge in [0.15, 0.2) is 5.78 Å². The molecule has 1 aliphatic heterocycles. The van der Waals surface area contributed by atoms with Crippen molar-refractivity contribution in [1.29, 1.82) is 0 Å². The van der Waals surface area contributed by atoms with Gasteiger partial charge in [-0.1, -0.05) is 42.5 Å². The van der Waals surface area contributed by atoms with Gasteiger partial charge in [0, 0.05) is 51.1 Å². The van der Waals surface area contributed by atoms with E-state index in [1.54, 1.807) is 24.3 Å². The highest BCUT2D eigenvalue weighted by molar-refractivity contribution is 5.97. The molecule has 1 heterocycles. The summed E-state index contributed by atoms with van der Waals surface area (Å²) in [4.78, 5) is 28.8. The summed E-state index contributed by atoms with van der Waals surface area (Å²) < 4.78 is 13.0. The topological polar surface area (TPSA) is 40.6 Å². The Bertz CT molecular complexity index is 762. The molecule has 1 saturated heterocycles. The smallest absolute Gasteiger partial charge is 0.223 e. The van der Waals surface area contributed by atoms with Gasteiger partial charge >= 0.3 is 0 Å². The Balaban J connectivity index is 1.46. The first kappa shape index (κ1) is 19.2. The molecule has 2 aromatic carbocycles. The molecular formula is C22H25FN2O2. The van der Waals surface area contributed by atoms with Gasteiger partial charge < -0.3 is 4.90 Å². The highest BCUT2D eigenvalue weighted by Crippen LogP contribution is 2.12. The van der Waals surface area contributed by atoms with Gasteiger partial charge in [0.25, 0.3) is 0 Å². The Hall–Kier alpha value is -2.53. The minimum Gasteiger partial charge on any atom is -0.341 e. The fourth-order valence-electron chi connectivity index (χ4n) is 3.37. The van der Waals surface area contributed by atoms with Crippen LogP contribution < -0.4 is 0 Å². The van der Waals surface area contributed by atoms with E-state index in [-0.39, 0.29) is 30.3 Å². The van der Waals surface area contributed by atoms with Crippen molar-refractivity contribution in [3.63, 3.8) is 0 Å². The molecule has 0 aromatic heterocycles. The zero-order valence-electron chi connectivity index (χ0n) is 15.4. The molecule has 0 aliphatic carbocycles. The molecule has 0 saturated carbocycles. The van der Waals surface area contributed by atoms with E-state index >= 15 is 0 Å². The number of amides is 1. The van der Waals surface area contributed by atoms with Crippen LogP contribution in [0.2, 0.25) is 0 Å². The lowest BCUT2D eigenvalue weighted by molar-refractivity contribution is -0.131. The number of nitrogens with zero attached hydrogens (tertiary/aromatic N) is 2. The molecule has 1 fully saturated rings. The summed E-state index contributed by atoms with van der Waals surface area (Å²) in [6.45, 7) is 3.84. The molecular weight excluding hydrogens is 343 g/mol. The lowest BCUT2D eigenvalue weighted by atomic mass is 10.1. The highest BCUT2D eigenvalue weighted by Gasteiger charge is 2.20. The molecule has 1 aliphatic rings. The first-order valence-electron chi connectivity index (χ1n) is 9.44. The number of Topliss-reactive ketones (excluding diaryl/α,β-unsaturated/α-hetero) is 1. The fraction of sp³-hybridized carbons (Fsp3) is 0.364. The molecule has 3 rings (SSSR count).